The van der Waals surface area contributed by atoms with Crippen LogP contribution in [0.5, 0.6) is 0 Å². The number of nitrogens with zero attached hydrogens (tertiary/aromatic N) is 2. The highest BCUT2D eigenvalue weighted by molar-refractivity contribution is 7.91. The third-order valence-electron chi connectivity index (χ3n) is 4.65. The van der Waals surface area contributed by atoms with Gasteiger partial charge in [0.25, 0.3) is 5.91 Å². The van der Waals surface area contributed by atoms with E-state index in [1.807, 2.05) is 24.4 Å². The monoisotopic (exact) mass is 424 g/mol. The predicted octanol–water partition coefficient (Wildman–Crippen LogP) is 1.96. The fraction of sp³-hybridized carbons (Fsp3) is 0.294. The van der Waals surface area contributed by atoms with Crippen LogP contribution in [0, 0.1) is 0 Å². The van der Waals surface area contributed by atoms with E-state index in [0.29, 0.717) is 15.6 Å². The zero-order chi connectivity index (χ0) is 19.2. The molecule has 0 spiro atoms. The Morgan fingerprint density at radius 2 is 2.19 bits per heavy atom. The molecule has 1 aliphatic heterocycles. The molecule has 1 amide bonds. The van der Waals surface area contributed by atoms with Crippen molar-refractivity contribution in [1.29, 1.82) is 0 Å². The van der Waals surface area contributed by atoms with Crippen molar-refractivity contribution in [3.8, 4) is 11.1 Å². The number of fused-ring (bicyclic) bond motifs is 1. The maximum absolute atomic E-state index is 12.6. The van der Waals surface area contributed by atoms with Crippen LogP contribution in [0.25, 0.3) is 16.6 Å². The Labute approximate surface area is 165 Å². The molecule has 3 aromatic rings. The second kappa shape index (κ2) is 6.90. The van der Waals surface area contributed by atoms with Gasteiger partial charge in [-0.15, -0.1) is 11.3 Å². The Hall–Kier alpha value is -1.94. The molecule has 2 atom stereocenters. The van der Waals surface area contributed by atoms with Crippen molar-refractivity contribution in [3.63, 3.8) is 0 Å². The lowest BCUT2D eigenvalue weighted by Crippen LogP contribution is -2.54. The highest BCUT2D eigenvalue weighted by Crippen LogP contribution is 2.37. The number of amides is 1. The maximum Gasteiger partial charge on any atom is 0.261 e. The number of aromatic nitrogens is 2. The summed E-state index contributed by atoms with van der Waals surface area (Å²) in [6.07, 6.45) is 3.87. The van der Waals surface area contributed by atoms with Gasteiger partial charge in [-0.25, -0.2) is 12.9 Å². The zero-order valence-electron chi connectivity index (χ0n) is 14.1. The van der Waals surface area contributed by atoms with Crippen LogP contribution in [-0.2, 0) is 9.84 Å². The average molecular weight is 425 g/mol. The first kappa shape index (κ1) is 18.4. The van der Waals surface area contributed by atoms with Crippen molar-refractivity contribution < 1.29 is 13.2 Å². The van der Waals surface area contributed by atoms with Crippen molar-refractivity contribution in [3.05, 3.63) is 45.9 Å². The highest BCUT2D eigenvalue weighted by atomic mass is 35.5. The van der Waals surface area contributed by atoms with E-state index in [0.717, 1.165) is 16.6 Å². The zero-order valence-corrected chi connectivity index (χ0v) is 16.5. The summed E-state index contributed by atoms with van der Waals surface area (Å²) in [4.78, 5) is 13.1. The lowest BCUT2D eigenvalue weighted by Gasteiger charge is -2.29. The number of pyridine rings is 1. The van der Waals surface area contributed by atoms with E-state index >= 15 is 0 Å². The summed E-state index contributed by atoms with van der Waals surface area (Å²) in [6.45, 7) is 0. The Morgan fingerprint density at radius 3 is 2.96 bits per heavy atom. The maximum atomic E-state index is 12.6. The molecule has 4 heterocycles. The first-order chi connectivity index (χ1) is 12.8. The number of thiophene rings is 1. The molecule has 7 nitrogen and oxygen atoms in total. The largest absolute Gasteiger partial charge is 0.347 e. The summed E-state index contributed by atoms with van der Waals surface area (Å²) >= 11 is 7.56. The SMILES string of the molecule is N[C@@H]1CS(=O)(=O)CC[C@H]1NC(=O)c1cc(-c2cnn3ccccc23)c(Cl)s1. The molecule has 4 rings (SSSR count). The molecule has 27 heavy (non-hydrogen) atoms. The number of rotatable bonds is 3. The normalized spacial score (nSPS) is 22.0. The van der Waals surface area contributed by atoms with Crippen LogP contribution in [-0.4, -0.2) is 47.5 Å². The minimum absolute atomic E-state index is 0.0322. The van der Waals surface area contributed by atoms with E-state index in [-0.39, 0.29) is 23.5 Å². The minimum atomic E-state index is -3.12. The fourth-order valence-electron chi connectivity index (χ4n) is 3.24. The molecule has 0 radical (unpaired) electrons. The first-order valence-electron chi connectivity index (χ1n) is 8.33. The van der Waals surface area contributed by atoms with E-state index in [9.17, 15) is 13.2 Å². The summed E-state index contributed by atoms with van der Waals surface area (Å²) in [5.41, 5.74) is 8.40. The van der Waals surface area contributed by atoms with Crippen LogP contribution >= 0.6 is 22.9 Å². The highest BCUT2D eigenvalue weighted by Gasteiger charge is 2.32. The quantitative estimate of drug-likeness (QED) is 0.668. The Bertz CT molecular complexity index is 1120. The van der Waals surface area contributed by atoms with Gasteiger partial charge in [0, 0.05) is 29.4 Å². The summed E-state index contributed by atoms with van der Waals surface area (Å²) in [6, 6.07) is 6.47. The third-order valence-corrected chi connectivity index (χ3v) is 7.75. The number of nitrogens with one attached hydrogen (secondary N) is 1. The van der Waals surface area contributed by atoms with E-state index in [2.05, 4.69) is 10.4 Å². The van der Waals surface area contributed by atoms with Crippen LogP contribution in [0.1, 0.15) is 16.1 Å². The molecular weight excluding hydrogens is 408 g/mol. The summed E-state index contributed by atoms with van der Waals surface area (Å²) < 4.78 is 25.5. The van der Waals surface area contributed by atoms with Gasteiger partial charge in [-0.3, -0.25) is 4.79 Å². The average Bonchev–Trinajstić information content (AvgIpc) is 3.20. The van der Waals surface area contributed by atoms with Gasteiger partial charge in [0.15, 0.2) is 9.84 Å². The summed E-state index contributed by atoms with van der Waals surface area (Å²) in [7, 11) is -3.12. The number of sulfone groups is 1. The Kier molecular flexibility index (Phi) is 4.71. The molecule has 3 aromatic heterocycles. The van der Waals surface area contributed by atoms with Crippen LogP contribution < -0.4 is 11.1 Å². The molecule has 0 saturated carbocycles. The number of carbonyl (C=O) groups is 1. The summed E-state index contributed by atoms with van der Waals surface area (Å²) in [5.74, 6) is -0.384. The first-order valence-corrected chi connectivity index (χ1v) is 11.3. The number of hydrogen-bond donors (Lipinski definition) is 2. The van der Waals surface area contributed by atoms with E-state index < -0.39 is 15.9 Å². The Balaban J connectivity index is 1.57. The van der Waals surface area contributed by atoms with E-state index in [1.54, 1.807) is 16.8 Å². The lowest BCUT2D eigenvalue weighted by atomic mass is 10.1. The molecule has 0 aromatic carbocycles. The van der Waals surface area contributed by atoms with Crippen molar-refractivity contribution in [1.82, 2.24) is 14.9 Å². The van der Waals surface area contributed by atoms with Gasteiger partial charge < -0.3 is 11.1 Å². The van der Waals surface area contributed by atoms with Gasteiger partial charge in [0.05, 0.1) is 28.1 Å². The minimum Gasteiger partial charge on any atom is -0.347 e. The van der Waals surface area contributed by atoms with Crippen molar-refractivity contribution in [2.45, 2.75) is 18.5 Å². The molecule has 1 aliphatic rings. The topological polar surface area (TPSA) is 107 Å². The third kappa shape index (κ3) is 3.60. The van der Waals surface area contributed by atoms with Crippen molar-refractivity contribution in [2.24, 2.45) is 5.73 Å². The van der Waals surface area contributed by atoms with Crippen molar-refractivity contribution >= 4 is 44.2 Å². The molecular formula is C17H17ClN4O3S2. The smallest absolute Gasteiger partial charge is 0.261 e. The fourth-order valence-corrected chi connectivity index (χ4v) is 6.04. The number of halogens is 1. The van der Waals surface area contributed by atoms with Crippen LogP contribution in [0.2, 0.25) is 4.34 Å². The second-order valence-corrected chi connectivity index (χ2v) is 10.4. The van der Waals surface area contributed by atoms with Crippen molar-refractivity contribution in [2.75, 3.05) is 11.5 Å². The van der Waals surface area contributed by atoms with Gasteiger partial charge >= 0.3 is 0 Å². The summed E-state index contributed by atoms with van der Waals surface area (Å²) in [5, 5.41) is 7.14. The van der Waals surface area contributed by atoms with E-state index in [4.69, 9.17) is 17.3 Å². The second-order valence-electron chi connectivity index (χ2n) is 6.53. The molecule has 1 fully saturated rings. The van der Waals surface area contributed by atoms with Gasteiger partial charge in [-0.1, -0.05) is 17.7 Å². The molecule has 0 aliphatic carbocycles. The molecule has 0 bridgehead atoms. The molecule has 0 unspecified atom stereocenters. The van der Waals surface area contributed by atoms with Gasteiger partial charge in [0.2, 0.25) is 0 Å². The van der Waals surface area contributed by atoms with Crippen LogP contribution in [0.15, 0.2) is 36.7 Å². The van der Waals surface area contributed by atoms with Gasteiger partial charge in [0.1, 0.15) is 4.34 Å². The van der Waals surface area contributed by atoms with E-state index in [1.165, 1.54) is 11.3 Å². The lowest BCUT2D eigenvalue weighted by molar-refractivity contribution is 0.0934. The number of carbonyl (C=O) groups excluding carboxylic acids is 1. The molecule has 142 valence electrons. The molecule has 1 saturated heterocycles. The van der Waals surface area contributed by atoms with Gasteiger partial charge in [-0.05, 0) is 24.6 Å². The molecule has 10 heteroatoms. The standard InChI is InChI=1S/C17H17ClN4O3S2/c18-16-10(11-8-20-22-5-2-1-3-14(11)22)7-15(26-16)17(23)21-13-4-6-27(24,25)9-12(13)19/h1-3,5,7-8,12-13H,4,6,9,19H2,(H,21,23)/t12-,13-/m1/s1. The van der Waals surface area contributed by atoms with Gasteiger partial charge in [-0.2, -0.15) is 5.10 Å². The number of hydrogen-bond acceptors (Lipinski definition) is 6. The molecule has 3 N–H and O–H groups in total. The number of nitrogens with two attached hydrogens (primary N) is 1. The Morgan fingerprint density at radius 1 is 1.37 bits per heavy atom. The van der Waals surface area contributed by atoms with Crippen LogP contribution in [0.3, 0.4) is 0 Å². The van der Waals surface area contributed by atoms with Crippen LogP contribution in [0.4, 0.5) is 0 Å². The predicted molar refractivity (Wildman–Crippen MR) is 106 cm³/mol.